The van der Waals surface area contributed by atoms with Crippen LogP contribution in [-0.2, 0) is 4.79 Å². The Morgan fingerprint density at radius 3 is 2.68 bits per heavy atom. The largest absolute Gasteiger partial charge is 0.481 e. The van der Waals surface area contributed by atoms with Crippen LogP contribution in [0, 0.1) is 5.92 Å². The molecule has 1 amide bonds. The second-order valence-corrected chi connectivity index (χ2v) is 5.16. The lowest BCUT2D eigenvalue weighted by Gasteiger charge is -2.16. The summed E-state index contributed by atoms with van der Waals surface area (Å²) in [5.74, 6) is -0.959. The normalized spacial score (nSPS) is 15.8. The van der Waals surface area contributed by atoms with E-state index >= 15 is 0 Å². The molecule has 0 aliphatic heterocycles. The zero-order valence-electron chi connectivity index (χ0n) is 10.2. The minimum atomic E-state index is -0.909. The van der Waals surface area contributed by atoms with E-state index in [1.807, 2.05) is 0 Å². The number of nitrogens with two attached hydrogens (primary N) is 1. The molecule has 0 bridgehead atoms. The number of hydrogen-bond donors (Lipinski definition) is 3. The average Bonchev–Trinajstić information content (AvgIpc) is 3.15. The maximum atomic E-state index is 12.0. The minimum absolute atomic E-state index is 0.0561. The molecule has 19 heavy (non-hydrogen) atoms. The van der Waals surface area contributed by atoms with Gasteiger partial charge in [0.1, 0.15) is 0 Å². The number of aliphatic carboxylic acids is 1. The van der Waals surface area contributed by atoms with Gasteiger partial charge < -0.3 is 16.2 Å². The number of rotatable bonds is 5. The summed E-state index contributed by atoms with van der Waals surface area (Å²) in [6.45, 7) is 0. The lowest BCUT2D eigenvalue weighted by Crippen LogP contribution is -2.38. The third-order valence-electron chi connectivity index (χ3n) is 3.16. The second kappa shape index (κ2) is 5.48. The van der Waals surface area contributed by atoms with Crippen molar-refractivity contribution in [1.29, 1.82) is 0 Å². The number of hydrogen-bond acceptors (Lipinski definition) is 3. The number of carboxylic acids is 1. The molecular weight excluding hydrogens is 268 g/mol. The molecule has 102 valence electrons. The van der Waals surface area contributed by atoms with E-state index in [4.69, 9.17) is 22.4 Å². The Morgan fingerprint density at radius 2 is 2.16 bits per heavy atom. The predicted octanol–water partition coefficient (Wildman–Crippen LogP) is 1.91. The number of anilines is 1. The second-order valence-electron chi connectivity index (χ2n) is 4.75. The molecule has 1 fully saturated rings. The molecule has 0 aromatic heterocycles. The standard InChI is InChI=1S/C13H15ClN2O3/c14-9-4-3-8(5-10(9)15)13(19)16-11(6-12(17)18)7-1-2-7/h3-5,7,11H,1-2,6,15H2,(H,16,19)(H,17,18). The molecule has 1 saturated carbocycles. The van der Waals surface area contributed by atoms with Gasteiger partial charge in [0.2, 0.25) is 0 Å². The summed E-state index contributed by atoms with van der Waals surface area (Å²) in [4.78, 5) is 22.8. The van der Waals surface area contributed by atoms with Crippen molar-refractivity contribution >= 4 is 29.2 Å². The quantitative estimate of drug-likeness (QED) is 0.719. The van der Waals surface area contributed by atoms with Gasteiger partial charge in [-0.1, -0.05) is 11.6 Å². The zero-order chi connectivity index (χ0) is 14.0. The van der Waals surface area contributed by atoms with Crippen LogP contribution >= 0.6 is 11.6 Å². The van der Waals surface area contributed by atoms with Gasteiger partial charge in [-0.15, -0.1) is 0 Å². The van der Waals surface area contributed by atoms with Gasteiger partial charge in [0.05, 0.1) is 17.1 Å². The third-order valence-corrected chi connectivity index (χ3v) is 3.50. The van der Waals surface area contributed by atoms with Crippen LogP contribution in [0.4, 0.5) is 5.69 Å². The maximum absolute atomic E-state index is 12.0. The first-order valence-electron chi connectivity index (χ1n) is 6.05. The van der Waals surface area contributed by atoms with Crippen LogP contribution in [0.15, 0.2) is 18.2 Å². The number of nitrogen functional groups attached to an aromatic ring is 1. The van der Waals surface area contributed by atoms with E-state index in [0.717, 1.165) is 12.8 Å². The molecule has 1 unspecified atom stereocenters. The first kappa shape index (κ1) is 13.7. The fourth-order valence-corrected chi connectivity index (χ4v) is 2.08. The van der Waals surface area contributed by atoms with Crippen molar-refractivity contribution in [2.24, 2.45) is 5.92 Å². The highest BCUT2D eigenvalue weighted by molar-refractivity contribution is 6.33. The number of nitrogens with one attached hydrogen (secondary N) is 1. The maximum Gasteiger partial charge on any atom is 0.305 e. The topological polar surface area (TPSA) is 92.4 Å². The van der Waals surface area contributed by atoms with E-state index in [9.17, 15) is 9.59 Å². The van der Waals surface area contributed by atoms with Gasteiger partial charge in [-0.2, -0.15) is 0 Å². The summed E-state index contributed by atoms with van der Waals surface area (Å²) in [5, 5.41) is 12.0. The van der Waals surface area contributed by atoms with Gasteiger partial charge in [0.15, 0.2) is 0 Å². The third kappa shape index (κ3) is 3.61. The van der Waals surface area contributed by atoms with Gasteiger partial charge in [-0.25, -0.2) is 0 Å². The van der Waals surface area contributed by atoms with E-state index in [0.29, 0.717) is 16.3 Å². The molecule has 0 heterocycles. The molecule has 0 saturated heterocycles. The lowest BCUT2D eigenvalue weighted by molar-refractivity contribution is -0.137. The molecule has 4 N–H and O–H groups in total. The molecule has 1 atom stereocenters. The van der Waals surface area contributed by atoms with Gasteiger partial charge in [0.25, 0.3) is 5.91 Å². The van der Waals surface area contributed by atoms with Crippen LogP contribution in [0.1, 0.15) is 29.6 Å². The average molecular weight is 283 g/mol. The van der Waals surface area contributed by atoms with E-state index in [1.54, 1.807) is 12.1 Å². The van der Waals surface area contributed by atoms with Gasteiger partial charge in [-0.3, -0.25) is 9.59 Å². The van der Waals surface area contributed by atoms with Crippen LogP contribution in [0.5, 0.6) is 0 Å². The Balaban J connectivity index is 2.05. The monoisotopic (exact) mass is 282 g/mol. The summed E-state index contributed by atoms with van der Waals surface area (Å²) in [6, 6.07) is 4.29. The van der Waals surface area contributed by atoms with Crippen molar-refractivity contribution in [3.8, 4) is 0 Å². The smallest absolute Gasteiger partial charge is 0.305 e. The van der Waals surface area contributed by atoms with Crippen LogP contribution in [0.2, 0.25) is 5.02 Å². The van der Waals surface area contributed by atoms with Crippen molar-refractivity contribution in [2.75, 3.05) is 5.73 Å². The predicted molar refractivity (Wildman–Crippen MR) is 72.1 cm³/mol. The summed E-state index contributed by atoms with van der Waals surface area (Å²) in [6.07, 6.45) is 1.86. The van der Waals surface area contributed by atoms with E-state index in [1.165, 1.54) is 6.07 Å². The van der Waals surface area contributed by atoms with Crippen LogP contribution in [0.25, 0.3) is 0 Å². The molecular formula is C13H15ClN2O3. The first-order chi connectivity index (χ1) is 8.97. The minimum Gasteiger partial charge on any atom is -0.481 e. The van der Waals surface area contributed by atoms with E-state index in [2.05, 4.69) is 5.32 Å². The molecule has 1 aromatic carbocycles. The highest BCUT2D eigenvalue weighted by Crippen LogP contribution is 2.34. The molecule has 1 aliphatic rings. The summed E-state index contributed by atoms with van der Waals surface area (Å²) in [7, 11) is 0. The number of carbonyl (C=O) groups excluding carboxylic acids is 1. The Morgan fingerprint density at radius 1 is 1.47 bits per heavy atom. The van der Waals surface area contributed by atoms with Crippen LogP contribution < -0.4 is 11.1 Å². The number of amides is 1. The molecule has 1 aromatic rings. The number of carbonyl (C=O) groups is 2. The number of halogens is 1. The molecule has 2 rings (SSSR count). The van der Waals surface area contributed by atoms with Crippen LogP contribution in [-0.4, -0.2) is 23.0 Å². The van der Waals surface area contributed by atoms with Crippen molar-refractivity contribution in [3.05, 3.63) is 28.8 Å². The zero-order valence-corrected chi connectivity index (χ0v) is 11.0. The lowest BCUT2D eigenvalue weighted by atomic mass is 10.1. The first-order valence-corrected chi connectivity index (χ1v) is 6.43. The van der Waals surface area contributed by atoms with E-state index < -0.39 is 5.97 Å². The molecule has 1 aliphatic carbocycles. The van der Waals surface area contributed by atoms with Gasteiger partial charge >= 0.3 is 5.97 Å². The Labute approximate surface area is 115 Å². The number of benzene rings is 1. The van der Waals surface area contributed by atoms with Gasteiger partial charge in [0, 0.05) is 11.6 Å². The van der Waals surface area contributed by atoms with Crippen molar-refractivity contribution in [3.63, 3.8) is 0 Å². The Kier molecular flexibility index (Phi) is 3.95. The Bertz CT molecular complexity index is 515. The highest BCUT2D eigenvalue weighted by atomic mass is 35.5. The SMILES string of the molecule is Nc1cc(C(=O)NC(CC(=O)O)C2CC2)ccc1Cl. The highest BCUT2D eigenvalue weighted by Gasteiger charge is 2.33. The van der Waals surface area contributed by atoms with Crippen LogP contribution in [0.3, 0.4) is 0 Å². The Hall–Kier alpha value is -1.75. The van der Waals surface area contributed by atoms with Crippen molar-refractivity contribution in [1.82, 2.24) is 5.32 Å². The summed E-state index contributed by atoms with van der Waals surface area (Å²) < 4.78 is 0. The fourth-order valence-electron chi connectivity index (χ4n) is 1.96. The number of carboxylic acid groups (broad SMARTS) is 1. The fraction of sp³-hybridized carbons (Fsp3) is 0.385. The molecule has 6 heteroatoms. The summed E-state index contributed by atoms with van der Waals surface area (Å²) >= 11 is 5.79. The molecule has 0 radical (unpaired) electrons. The van der Waals surface area contributed by atoms with E-state index in [-0.39, 0.29) is 24.3 Å². The van der Waals surface area contributed by atoms with Gasteiger partial charge in [-0.05, 0) is 37.0 Å². The molecule has 0 spiro atoms. The van der Waals surface area contributed by atoms with Crippen molar-refractivity contribution in [2.45, 2.75) is 25.3 Å². The van der Waals surface area contributed by atoms with Crippen molar-refractivity contribution < 1.29 is 14.7 Å². The molecule has 5 nitrogen and oxygen atoms in total. The summed E-state index contributed by atoms with van der Waals surface area (Å²) in [5.41, 5.74) is 6.35.